The van der Waals surface area contributed by atoms with Gasteiger partial charge < -0.3 is 4.52 Å². The zero-order valence-corrected chi connectivity index (χ0v) is 12.5. The summed E-state index contributed by atoms with van der Waals surface area (Å²) in [5.74, 6) is 0.637. The second-order valence-electron chi connectivity index (χ2n) is 5.65. The molecule has 3 aromatic rings. The highest BCUT2D eigenvalue weighted by molar-refractivity contribution is 5.64. The molecule has 0 saturated heterocycles. The van der Waals surface area contributed by atoms with Crippen LogP contribution < -0.4 is 4.90 Å². The Labute approximate surface area is 129 Å². The van der Waals surface area contributed by atoms with Crippen molar-refractivity contribution in [3.8, 4) is 11.4 Å². The Morgan fingerprint density at radius 1 is 1.05 bits per heavy atom. The summed E-state index contributed by atoms with van der Waals surface area (Å²) >= 11 is 0. The van der Waals surface area contributed by atoms with Crippen molar-refractivity contribution in [2.24, 2.45) is 0 Å². The SMILES string of the molecule is Cc1ccc(-c2noc(N3CCCc4ccccc43)n2)cc1. The summed E-state index contributed by atoms with van der Waals surface area (Å²) in [6.45, 7) is 2.97. The monoisotopic (exact) mass is 291 g/mol. The first-order valence-corrected chi connectivity index (χ1v) is 7.57. The van der Waals surface area contributed by atoms with Crippen LogP contribution in [-0.4, -0.2) is 16.7 Å². The maximum Gasteiger partial charge on any atom is 0.328 e. The summed E-state index contributed by atoms with van der Waals surface area (Å²) < 4.78 is 5.51. The second-order valence-corrected chi connectivity index (χ2v) is 5.65. The minimum atomic E-state index is 0.572. The molecule has 2 heterocycles. The van der Waals surface area contributed by atoms with E-state index in [2.05, 4.69) is 58.4 Å². The number of nitrogens with zero attached hydrogens (tertiary/aromatic N) is 3. The van der Waals surface area contributed by atoms with Gasteiger partial charge in [-0.25, -0.2) is 0 Å². The van der Waals surface area contributed by atoms with Gasteiger partial charge in [-0.2, -0.15) is 4.98 Å². The molecule has 1 aliphatic heterocycles. The molecule has 0 saturated carbocycles. The van der Waals surface area contributed by atoms with E-state index in [4.69, 9.17) is 4.52 Å². The van der Waals surface area contributed by atoms with Crippen LogP contribution in [0.2, 0.25) is 0 Å². The number of hydrogen-bond donors (Lipinski definition) is 0. The Morgan fingerprint density at radius 3 is 2.73 bits per heavy atom. The molecule has 0 unspecified atom stereocenters. The zero-order chi connectivity index (χ0) is 14.9. The molecule has 0 fully saturated rings. The molecule has 0 spiro atoms. The predicted molar refractivity (Wildman–Crippen MR) is 86.2 cm³/mol. The van der Waals surface area contributed by atoms with Crippen molar-refractivity contribution < 1.29 is 4.52 Å². The van der Waals surface area contributed by atoms with E-state index in [9.17, 15) is 0 Å². The van der Waals surface area contributed by atoms with E-state index in [-0.39, 0.29) is 0 Å². The molecular formula is C18H17N3O. The average Bonchev–Trinajstić information content (AvgIpc) is 3.05. The van der Waals surface area contributed by atoms with Crippen molar-refractivity contribution in [3.63, 3.8) is 0 Å². The standard InChI is InChI=1S/C18H17N3O/c1-13-8-10-15(11-9-13)17-19-18(22-20-17)21-12-4-6-14-5-2-3-7-16(14)21/h2-3,5,7-11H,4,6,12H2,1H3. The first-order chi connectivity index (χ1) is 10.8. The van der Waals surface area contributed by atoms with E-state index in [1.54, 1.807) is 0 Å². The van der Waals surface area contributed by atoms with Crippen LogP contribution >= 0.6 is 0 Å². The minimum absolute atomic E-state index is 0.572. The molecule has 22 heavy (non-hydrogen) atoms. The van der Waals surface area contributed by atoms with Gasteiger partial charge in [0.15, 0.2) is 0 Å². The van der Waals surface area contributed by atoms with Gasteiger partial charge in [-0.3, -0.25) is 4.90 Å². The molecule has 0 aliphatic carbocycles. The lowest BCUT2D eigenvalue weighted by Crippen LogP contribution is -2.24. The number of rotatable bonds is 2. The number of para-hydroxylation sites is 1. The van der Waals surface area contributed by atoms with Crippen molar-refractivity contribution in [1.29, 1.82) is 0 Å². The second kappa shape index (κ2) is 5.30. The Balaban J connectivity index is 1.69. The van der Waals surface area contributed by atoms with Crippen LogP contribution in [0.3, 0.4) is 0 Å². The molecule has 0 atom stereocenters. The van der Waals surface area contributed by atoms with Gasteiger partial charge in [-0.05, 0) is 31.4 Å². The first kappa shape index (κ1) is 13.1. The van der Waals surface area contributed by atoms with E-state index in [0.717, 1.165) is 24.9 Å². The molecule has 4 nitrogen and oxygen atoms in total. The van der Waals surface area contributed by atoms with Crippen LogP contribution in [0.15, 0.2) is 53.1 Å². The van der Waals surface area contributed by atoms with Gasteiger partial charge in [0.2, 0.25) is 5.82 Å². The molecule has 0 radical (unpaired) electrons. The number of aromatic nitrogens is 2. The van der Waals surface area contributed by atoms with Crippen molar-refractivity contribution in [3.05, 3.63) is 59.7 Å². The Kier molecular flexibility index (Phi) is 3.15. The highest BCUT2D eigenvalue weighted by Crippen LogP contribution is 2.33. The fourth-order valence-corrected chi connectivity index (χ4v) is 2.88. The summed E-state index contributed by atoms with van der Waals surface area (Å²) in [5, 5.41) is 4.14. The first-order valence-electron chi connectivity index (χ1n) is 7.57. The lowest BCUT2D eigenvalue weighted by molar-refractivity contribution is 0.420. The van der Waals surface area contributed by atoms with E-state index in [1.807, 2.05) is 12.1 Å². The van der Waals surface area contributed by atoms with Gasteiger partial charge in [0.25, 0.3) is 0 Å². The molecule has 0 N–H and O–H groups in total. The number of fused-ring (bicyclic) bond motifs is 1. The fourth-order valence-electron chi connectivity index (χ4n) is 2.88. The molecule has 2 aromatic carbocycles. The van der Waals surface area contributed by atoms with Gasteiger partial charge in [0.1, 0.15) is 0 Å². The number of aryl methyl sites for hydroxylation is 2. The maximum absolute atomic E-state index is 5.51. The molecule has 4 rings (SSSR count). The Hall–Kier alpha value is -2.62. The topological polar surface area (TPSA) is 42.2 Å². The van der Waals surface area contributed by atoms with Gasteiger partial charge in [-0.1, -0.05) is 53.2 Å². The van der Waals surface area contributed by atoms with Gasteiger partial charge >= 0.3 is 6.01 Å². The third-order valence-corrected chi connectivity index (χ3v) is 4.07. The number of anilines is 2. The van der Waals surface area contributed by atoms with E-state index in [0.29, 0.717) is 11.8 Å². The zero-order valence-electron chi connectivity index (χ0n) is 12.5. The maximum atomic E-state index is 5.51. The lowest BCUT2D eigenvalue weighted by Gasteiger charge is -2.27. The van der Waals surface area contributed by atoms with E-state index in [1.165, 1.54) is 16.8 Å². The third-order valence-electron chi connectivity index (χ3n) is 4.07. The molecule has 110 valence electrons. The predicted octanol–water partition coefficient (Wildman–Crippen LogP) is 4.13. The molecular weight excluding hydrogens is 274 g/mol. The fraction of sp³-hybridized carbons (Fsp3) is 0.222. The number of hydrogen-bond acceptors (Lipinski definition) is 4. The quantitative estimate of drug-likeness (QED) is 0.712. The highest BCUT2D eigenvalue weighted by atomic mass is 16.5. The van der Waals surface area contributed by atoms with Gasteiger partial charge in [-0.15, -0.1) is 0 Å². The molecule has 0 amide bonds. The summed E-state index contributed by atoms with van der Waals surface area (Å²) in [7, 11) is 0. The van der Waals surface area contributed by atoms with Crippen molar-refractivity contribution >= 4 is 11.7 Å². The van der Waals surface area contributed by atoms with Crippen molar-refractivity contribution in [2.75, 3.05) is 11.4 Å². The van der Waals surface area contributed by atoms with Gasteiger partial charge in [0.05, 0.1) is 0 Å². The van der Waals surface area contributed by atoms with Crippen LogP contribution in [0.4, 0.5) is 11.7 Å². The lowest BCUT2D eigenvalue weighted by atomic mass is 10.0. The average molecular weight is 291 g/mol. The van der Waals surface area contributed by atoms with Crippen LogP contribution in [0.25, 0.3) is 11.4 Å². The minimum Gasteiger partial charge on any atom is -0.314 e. The van der Waals surface area contributed by atoms with E-state index < -0.39 is 0 Å². The van der Waals surface area contributed by atoms with Crippen LogP contribution in [0.5, 0.6) is 0 Å². The van der Waals surface area contributed by atoms with Gasteiger partial charge in [0, 0.05) is 17.8 Å². The van der Waals surface area contributed by atoms with Crippen molar-refractivity contribution in [1.82, 2.24) is 10.1 Å². The molecule has 1 aliphatic rings. The van der Waals surface area contributed by atoms with Crippen LogP contribution in [0, 0.1) is 6.92 Å². The Morgan fingerprint density at radius 2 is 1.86 bits per heavy atom. The Bertz CT molecular complexity index is 792. The smallest absolute Gasteiger partial charge is 0.314 e. The molecule has 0 bridgehead atoms. The largest absolute Gasteiger partial charge is 0.328 e. The molecule has 4 heteroatoms. The third kappa shape index (κ3) is 2.26. The summed E-state index contributed by atoms with van der Waals surface area (Å²) in [5.41, 5.74) is 4.71. The van der Waals surface area contributed by atoms with Crippen LogP contribution in [0.1, 0.15) is 17.5 Å². The summed E-state index contributed by atoms with van der Waals surface area (Å²) in [6, 6.07) is 17.1. The van der Waals surface area contributed by atoms with Crippen LogP contribution in [-0.2, 0) is 6.42 Å². The number of benzene rings is 2. The normalized spacial score (nSPS) is 14.0. The molecule has 1 aromatic heterocycles. The van der Waals surface area contributed by atoms with Crippen molar-refractivity contribution in [2.45, 2.75) is 19.8 Å². The highest BCUT2D eigenvalue weighted by Gasteiger charge is 2.22. The summed E-state index contributed by atoms with van der Waals surface area (Å²) in [4.78, 5) is 6.70. The summed E-state index contributed by atoms with van der Waals surface area (Å²) in [6.07, 6.45) is 2.20. The van der Waals surface area contributed by atoms with E-state index >= 15 is 0 Å².